The van der Waals surface area contributed by atoms with E-state index in [1.807, 2.05) is 18.2 Å². The van der Waals surface area contributed by atoms with Crippen molar-refractivity contribution in [3.8, 4) is 6.07 Å². The van der Waals surface area contributed by atoms with Gasteiger partial charge in [-0.3, -0.25) is 4.99 Å². The molecule has 0 fully saturated rings. The van der Waals surface area contributed by atoms with E-state index in [4.69, 9.17) is 5.26 Å². The molecule has 2 N–H and O–H groups in total. The predicted molar refractivity (Wildman–Crippen MR) is 109 cm³/mol. The molecule has 0 aliphatic heterocycles. The van der Waals surface area contributed by atoms with Gasteiger partial charge in [-0.05, 0) is 29.7 Å². The Balaban J connectivity index is 0.00000312. The van der Waals surface area contributed by atoms with Crippen molar-refractivity contribution in [1.29, 1.82) is 5.26 Å². The van der Waals surface area contributed by atoms with E-state index in [0.717, 1.165) is 6.42 Å². The van der Waals surface area contributed by atoms with E-state index in [1.54, 1.807) is 19.2 Å². The largest absolute Gasteiger partial charge is 0.352 e. The van der Waals surface area contributed by atoms with Crippen molar-refractivity contribution in [3.63, 3.8) is 0 Å². The Hall–Kier alpha value is -2.14. The van der Waals surface area contributed by atoms with Crippen LogP contribution in [0.5, 0.6) is 0 Å². The minimum Gasteiger partial charge on any atom is -0.352 e. The van der Waals surface area contributed by atoms with E-state index in [0.29, 0.717) is 30.2 Å². The number of aryl methyl sites for hydroxylation is 1. The maximum absolute atomic E-state index is 13.9. The molecule has 0 atom stereocenters. The topological polar surface area (TPSA) is 60.2 Å². The zero-order valence-electron chi connectivity index (χ0n) is 14.3. The first kappa shape index (κ1) is 20.9. The van der Waals surface area contributed by atoms with Crippen LogP contribution in [0.15, 0.2) is 47.5 Å². The average molecular weight is 452 g/mol. The summed E-state index contributed by atoms with van der Waals surface area (Å²) in [6.07, 6.45) is 0.973. The number of guanidine groups is 1. The molecule has 0 aliphatic carbocycles. The van der Waals surface area contributed by atoms with Gasteiger partial charge in [0.15, 0.2) is 5.96 Å². The van der Waals surface area contributed by atoms with Crippen molar-refractivity contribution in [2.45, 2.75) is 26.4 Å². The molecule has 0 aromatic heterocycles. The van der Waals surface area contributed by atoms with E-state index < -0.39 is 5.82 Å². The Kier molecular flexibility index (Phi) is 8.92. The normalized spacial score (nSPS) is 10.6. The molecule has 2 rings (SSSR count). The molecule has 6 heteroatoms. The van der Waals surface area contributed by atoms with Gasteiger partial charge in [0.2, 0.25) is 0 Å². The fourth-order valence-electron chi connectivity index (χ4n) is 2.41. The molecule has 0 aliphatic rings. The summed E-state index contributed by atoms with van der Waals surface area (Å²) in [4.78, 5) is 4.16. The summed E-state index contributed by atoms with van der Waals surface area (Å²) in [5, 5.41) is 15.1. The van der Waals surface area contributed by atoms with Crippen LogP contribution >= 0.6 is 24.0 Å². The third-order valence-electron chi connectivity index (χ3n) is 3.80. The summed E-state index contributed by atoms with van der Waals surface area (Å²) in [7, 11) is 1.68. The van der Waals surface area contributed by atoms with E-state index in [-0.39, 0.29) is 24.0 Å². The maximum Gasteiger partial charge on any atom is 0.191 e. The Morgan fingerprint density at radius 3 is 2.28 bits per heavy atom. The van der Waals surface area contributed by atoms with Gasteiger partial charge in [-0.1, -0.05) is 37.3 Å². The summed E-state index contributed by atoms with van der Waals surface area (Å²) < 4.78 is 13.9. The van der Waals surface area contributed by atoms with Gasteiger partial charge in [0.25, 0.3) is 0 Å². The average Bonchev–Trinajstić information content (AvgIpc) is 2.63. The number of halogens is 2. The molecule has 0 saturated carbocycles. The number of benzene rings is 2. The quantitative estimate of drug-likeness (QED) is 0.413. The summed E-state index contributed by atoms with van der Waals surface area (Å²) in [6.45, 7) is 3.08. The molecule has 0 amide bonds. The van der Waals surface area contributed by atoms with Crippen LogP contribution in [0.2, 0.25) is 0 Å². The van der Waals surface area contributed by atoms with Gasteiger partial charge in [0.05, 0.1) is 11.6 Å². The fourth-order valence-corrected chi connectivity index (χ4v) is 2.41. The summed E-state index contributed by atoms with van der Waals surface area (Å²) >= 11 is 0. The first-order chi connectivity index (χ1) is 11.7. The highest BCUT2D eigenvalue weighted by Gasteiger charge is 2.06. The monoisotopic (exact) mass is 452 g/mol. The smallest absolute Gasteiger partial charge is 0.191 e. The van der Waals surface area contributed by atoms with Crippen molar-refractivity contribution in [3.05, 3.63) is 70.5 Å². The lowest BCUT2D eigenvalue weighted by Crippen LogP contribution is -2.36. The Morgan fingerprint density at radius 2 is 1.72 bits per heavy atom. The van der Waals surface area contributed by atoms with Gasteiger partial charge in [0, 0.05) is 25.7 Å². The van der Waals surface area contributed by atoms with Crippen molar-refractivity contribution in [2.75, 3.05) is 7.05 Å². The van der Waals surface area contributed by atoms with Gasteiger partial charge < -0.3 is 10.6 Å². The molecule has 0 spiro atoms. The Bertz CT molecular complexity index is 768. The van der Waals surface area contributed by atoms with Crippen molar-refractivity contribution >= 4 is 29.9 Å². The highest BCUT2D eigenvalue weighted by atomic mass is 127. The molecular weight excluding hydrogens is 430 g/mol. The third-order valence-corrected chi connectivity index (χ3v) is 3.80. The van der Waals surface area contributed by atoms with Crippen LogP contribution in [0.1, 0.15) is 29.2 Å². The van der Waals surface area contributed by atoms with Gasteiger partial charge in [0.1, 0.15) is 5.82 Å². The number of hydrogen-bond acceptors (Lipinski definition) is 2. The molecule has 0 bridgehead atoms. The van der Waals surface area contributed by atoms with Crippen LogP contribution in [0, 0.1) is 17.1 Å². The number of aliphatic imine (C=N–C) groups is 1. The number of nitrogens with zero attached hydrogens (tertiary/aromatic N) is 2. The minimum atomic E-state index is -0.395. The molecule has 132 valence electrons. The van der Waals surface area contributed by atoms with Gasteiger partial charge in [-0.25, -0.2) is 4.39 Å². The van der Waals surface area contributed by atoms with Gasteiger partial charge in [-0.2, -0.15) is 5.26 Å². The summed E-state index contributed by atoms with van der Waals surface area (Å²) in [5.74, 6) is 0.206. The number of rotatable bonds is 5. The van der Waals surface area contributed by atoms with Crippen LogP contribution in [-0.2, 0) is 19.5 Å². The standard InChI is InChI=1S/C19H21FN4.HI/c1-3-15-6-4-5-7-16(15)12-23-19(22-2)24-13-17-9-8-14(11-21)10-18(17)20;/h4-10H,3,12-13H2,1-2H3,(H2,22,23,24);1H. The second-order valence-electron chi connectivity index (χ2n) is 5.32. The molecule has 0 saturated heterocycles. The lowest BCUT2D eigenvalue weighted by Gasteiger charge is -2.14. The molecule has 0 unspecified atom stereocenters. The molecule has 0 heterocycles. The van der Waals surface area contributed by atoms with E-state index >= 15 is 0 Å². The number of nitrogens with one attached hydrogen (secondary N) is 2. The van der Waals surface area contributed by atoms with Gasteiger partial charge in [-0.15, -0.1) is 24.0 Å². The van der Waals surface area contributed by atoms with Crippen molar-refractivity contribution in [2.24, 2.45) is 4.99 Å². The second-order valence-corrected chi connectivity index (χ2v) is 5.32. The van der Waals surface area contributed by atoms with Crippen LogP contribution in [0.25, 0.3) is 0 Å². The minimum absolute atomic E-state index is 0. The molecule has 2 aromatic rings. The van der Waals surface area contributed by atoms with E-state index in [1.165, 1.54) is 17.2 Å². The molecule has 2 aromatic carbocycles. The van der Waals surface area contributed by atoms with Gasteiger partial charge >= 0.3 is 0 Å². The molecule has 25 heavy (non-hydrogen) atoms. The fraction of sp³-hybridized carbons (Fsp3) is 0.263. The molecular formula is C19H22FIN4. The summed E-state index contributed by atoms with van der Waals surface area (Å²) in [5.41, 5.74) is 3.31. The lowest BCUT2D eigenvalue weighted by atomic mass is 10.1. The maximum atomic E-state index is 13.9. The van der Waals surface area contributed by atoms with Crippen molar-refractivity contribution < 1.29 is 4.39 Å². The zero-order chi connectivity index (χ0) is 17.4. The van der Waals surface area contributed by atoms with Crippen LogP contribution in [0.4, 0.5) is 4.39 Å². The van der Waals surface area contributed by atoms with Crippen LogP contribution < -0.4 is 10.6 Å². The Labute approximate surface area is 165 Å². The van der Waals surface area contributed by atoms with Crippen molar-refractivity contribution in [1.82, 2.24) is 10.6 Å². The SMILES string of the molecule is CCc1ccccc1CNC(=NC)NCc1ccc(C#N)cc1F.I. The first-order valence-electron chi connectivity index (χ1n) is 7.87. The molecule has 4 nitrogen and oxygen atoms in total. The number of hydrogen-bond donors (Lipinski definition) is 2. The number of nitriles is 1. The highest BCUT2D eigenvalue weighted by Crippen LogP contribution is 2.10. The predicted octanol–water partition coefficient (Wildman–Crippen LogP) is 3.74. The second kappa shape index (κ2) is 10.7. The lowest BCUT2D eigenvalue weighted by molar-refractivity contribution is 0.604. The zero-order valence-corrected chi connectivity index (χ0v) is 16.7. The third kappa shape index (κ3) is 6.02. The highest BCUT2D eigenvalue weighted by molar-refractivity contribution is 14.0. The summed E-state index contributed by atoms with van der Waals surface area (Å²) in [6, 6.07) is 14.6. The van der Waals surface area contributed by atoms with Crippen LogP contribution in [0.3, 0.4) is 0 Å². The molecule has 0 radical (unpaired) electrons. The van der Waals surface area contributed by atoms with E-state index in [2.05, 4.69) is 34.7 Å². The Morgan fingerprint density at radius 1 is 1.08 bits per heavy atom. The first-order valence-corrected chi connectivity index (χ1v) is 7.87. The van der Waals surface area contributed by atoms with E-state index in [9.17, 15) is 4.39 Å². The van der Waals surface area contributed by atoms with Crippen LogP contribution in [-0.4, -0.2) is 13.0 Å².